The van der Waals surface area contributed by atoms with Gasteiger partial charge in [-0.2, -0.15) is 0 Å². The summed E-state index contributed by atoms with van der Waals surface area (Å²) in [6, 6.07) is 0. The second kappa shape index (κ2) is 245. The van der Waals surface area contributed by atoms with E-state index in [0.29, 0.717) is 0 Å². The van der Waals surface area contributed by atoms with Crippen LogP contribution in [0, 0.1) is 30.3 Å². The van der Waals surface area contributed by atoms with Crippen LogP contribution in [0.1, 0.15) is 0 Å². The Labute approximate surface area is 78.9 Å². The number of hydrogen-bond donors (Lipinski definition) is 2. The van der Waals surface area contributed by atoms with E-state index in [1.807, 2.05) is 0 Å². The van der Waals surface area contributed by atoms with Crippen molar-refractivity contribution >= 4 is 0 Å². The molecule has 0 aromatic carbocycles. The molecule has 0 unspecified atom stereocenters. The number of rotatable bonds is 0. The van der Waals surface area contributed by atoms with Gasteiger partial charge in [0.2, 0.25) is 0 Å². The SMILES string of the molecule is N.N.O=N[O-].O=N[O-].O=N[O-].[Ru+3]. The van der Waals surface area contributed by atoms with Gasteiger partial charge < -0.3 is 42.6 Å². The molecule has 0 fully saturated rings. The summed E-state index contributed by atoms with van der Waals surface area (Å²) >= 11 is 0. The first-order valence-corrected chi connectivity index (χ1v) is 1.10. The van der Waals surface area contributed by atoms with Gasteiger partial charge >= 0.3 is 19.5 Å². The molecule has 0 saturated heterocycles. The molecular weight excluding hydrogens is 267 g/mol. The van der Waals surface area contributed by atoms with Crippen LogP contribution in [-0.2, 0) is 19.5 Å². The molecule has 12 heteroatoms. The minimum atomic E-state index is 0. The molecule has 0 saturated carbocycles. The molecule has 0 spiro atoms. The van der Waals surface area contributed by atoms with Gasteiger partial charge in [-0.05, 0) is 0 Å². The molecule has 0 aliphatic rings. The molecule has 0 aliphatic heterocycles. The summed E-state index contributed by atoms with van der Waals surface area (Å²) in [5, 5.41) is 27.0. The molecule has 0 atom stereocenters. The Morgan fingerprint density at radius 3 is 0.667 bits per heavy atom. The van der Waals surface area contributed by atoms with E-state index >= 15 is 0 Å². The summed E-state index contributed by atoms with van der Waals surface area (Å²) in [7, 11) is 0. The molecule has 0 aromatic heterocycles. The molecule has 6 N–H and O–H groups in total. The van der Waals surface area contributed by atoms with Crippen molar-refractivity contribution in [2.24, 2.45) is 16.0 Å². The summed E-state index contributed by atoms with van der Waals surface area (Å²) < 4.78 is 0. The van der Waals surface area contributed by atoms with Gasteiger partial charge in [0, 0.05) is 0 Å². The largest absolute Gasteiger partial charge is 3.00 e. The molecule has 75 valence electrons. The normalized spacial score (nSPS) is 3.00. The zero-order chi connectivity index (χ0) is 8.12. The third-order valence-corrected chi connectivity index (χ3v) is 0. The molecule has 0 aromatic rings. The smallest absolute Gasteiger partial charge is 0.444 e. The first-order chi connectivity index (χ1) is 4.24. The van der Waals surface area contributed by atoms with Crippen LogP contribution in [-0.4, -0.2) is 0 Å². The van der Waals surface area contributed by atoms with Gasteiger partial charge in [0.1, 0.15) is 0 Å². The third kappa shape index (κ3) is 332. The Morgan fingerprint density at radius 2 is 0.667 bits per heavy atom. The quantitative estimate of drug-likeness (QED) is 0.367. The van der Waals surface area contributed by atoms with Crippen molar-refractivity contribution in [2.45, 2.75) is 0 Å². The van der Waals surface area contributed by atoms with Gasteiger partial charge in [-0.15, -0.1) is 16.0 Å². The fraction of sp³-hybridized carbons (Fsp3) is 0. The first kappa shape index (κ1) is 45.3. The van der Waals surface area contributed by atoms with Crippen LogP contribution in [0.4, 0.5) is 0 Å². The molecular formula is H6N5O6Ru. The Balaban J connectivity index is -0.00000001000. The minimum absolute atomic E-state index is 0. The Hall–Kier alpha value is -1.26. The van der Waals surface area contributed by atoms with Gasteiger partial charge in [-0.25, -0.2) is 0 Å². The molecule has 0 bridgehead atoms. The Bertz CT molecular complexity index is 52.7. The average molecular weight is 273 g/mol. The fourth-order valence-corrected chi connectivity index (χ4v) is 0. The number of nitrogens with zero attached hydrogens (tertiary/aromatic N) is 3. The van der Waals surface area contributed by atoms with Crippen LogP contribution >= 0.6 is 0 Å². The van der Waals surface area contributed by atoms with E-state index < -0.39 is 0 Å². The molecule has 0 amide bonds. The van der Waals surface area contributed by atoms with Gasteiger partial charge in [-0.3, -0.25) is 0 Å². The second-order valence-electron chi connectivity index (χ2n) is 0.224. The van der Waals surface area contributed by atoms with E-state index in [-0.39, 0.29) is 31.8 Å². The van der Waals surface area contributed by atoms with Crippen molar-refractivity contribution < 1.29 is 19.5 Å². The van der Waals surface area contributed by atoms with E-state index in [1.54, 1.807) is 0 Å². The average Bonchev–Trinajstić information content (AvgIpc) is 1.70. The maximum absolute atomic E-state index is 8.00. The van der Waals surface area contributed by atoms with Gasteiger partial charge in [0.25, 0.3) is 0 Å². The monoisotopic (exact) mass is 274 g/mol. The molecule has 1 radical (unpaired) electrons. The topological polar surface area (TPSA) is 227 Å². The second-order valence-corrected chi connectivity index (χ2v) is 0.224. The summed E-state index contributed by atoms with van der Waals surface area (Å²) in [5.41, 5.74) is 0. The van der Waals surface area contributed by atoms with Crippen molar-refractivity contribution in [3.8, 4) is 0 Å². The van der Waals surface area contributed by atoms with Crippen molar-refractivity contribution in [1.82, 2.24) is 12.3 Å². The summed E-state index contributed by atoms with van der Waals surface area (Å²) in [6.45, 7) is 0. The summed E-state index contributed by atoms with van der Waals surface area (Å²) in [5.74, 6) is 0. The van der Waals surface area contributed by atoms with Crippen molar-refractivity contribution in [1.29, 1.82) is 0 Å². The Morgan fingerprint density at radius 1 is 0.667 bits per heavy atom. The predicted molar refractivity (Wildman–Crippen MR) is 37.5 cm³/mol. The van der Waals surface area contributed by atoms with Crippen LogP contribution in [0.3, 0.4) is 0 Å². The van der Waals surface area contributed by atoms with Gasteiger partial charge in [-0.1, -0.05) is 0 Å². The summed E-state index contributed by atoms with van der Waals surface area (Å²) in [6.07, 6.45) is 0. The van der Waals surface area contributed by atoms with Crippen LogP contribution in [0.2, 0.25) is 0 Å². The molecule has 12 heavy (non-hydrogen) atoms. The van der Waals surface area contributed by atoms with Crippen molar-refractivity contribution in [3.63, 3.8) is 0 Å². The van der Waals surface area contributed by atoms with Crippen LogP contribution in [0.5, 0.6) is 0 Å². The van der Waals surface area contributed by atoms with Gasteiger partial charge in [0.15, 0.2) is 0 Å². The maximum Gasteiger partial charge on any atom is 3.00 e. The third-order valence-electron chi connectivity index (χ3n) is 0. The van der Waals surface area contributed by atoms with Crippen LogP contribution in [0.25, 0.3) is 0 Å². The zero-order valence-corrected chi connectivity index (χ0v) is 7.30. The molecule has 0 rings (SSSR count). The molecule has 0 heterocycles. The molecule has 11 nitrogen and oxygen atoms in total. The minimum Gasteiger partial charge on any atom is -0.444 e. The zero-order valence-electron chi connectivity index (χ0n) is 5.56. The van der Waals surface area contributed by atoms with E-state index in [2.05, 4.69) is 0 Å². The van der Waals surface area contributed by atoms with Crippen molar-refractivity contribution in [2.75, 3.05) is 0 Å². The standard InChI is InChI=1S/3HNO2.2H3N.Ru/c3*2-1-3;;;/h3*(H,2,3);2*1H3;/q;;;;;+3/p-3. The van der Waals surface area contributed by atoms with Gasteiger partial charge in [0.05, 0.1) is 0 Å². The summed E-state index contributed by atoms with van der Waals surface area (Å²) in [4.78, 5) is 24.0. The van der Waals surface area contributed by atoms with Crippen LogP contribution in [0.15, 0.2) is 16.0 Å². The predicted octanol–water partition coefficient (Wildman–Crippen LogP) is 1.07. The molecule has 0 aliphatic carbocycles. The van der Waals surface area contributed by atoms with E-state index in [1.165, 1.54) is 0 Å². The Kier molecular flexibility index (Phi) is 926. The fourth-order valence-electron chi connectivity index (χ4n) is 0. The maximum atomic E-state index is 8.00. The van der Waals surface area contributed by atoms with E-state index in [9.17, 15) is 0 Å². The van der Waals surface area contributed by atoms with Crippen molar-refractivity contribution in [3.05, 3.63) is 30.3 Å². The first-order valence-electron chi connectivity index (χ1n) is 1.10. The van der Waals surface area contributed by atoms with E-state index in [0.717, 1.165) is 16.0 Å². The van der Waals surface area contributed by atoms with E-state index in [4.69, 9.17) is 30.3 Å². The number of hydrogen-bond acceptors (Lipinski definition) is 11. The van der Waals surface area contributed by atoms with Crippen LogP contribution < -0.4 is 12.3 Å².